The number of anilines is 1. The average Bonchev–Trinajstić information content (AvgIpc) is 2.92. The minimum Gasteiger partial charge on any atom is -0.398 e. The lowest BCUT2D eigenvalue weighted by Gasteiger charge is -2.18. The van der Waals surface area contributed by atoms with Crippen molar-refractivity contribution in [3.05, 3.63) is 29.0 Å². The van der Waals surface area contributed by atoms with Crippen LogP contribution < -0.4 is 5.73 Å². The zero-order valence-electron chi connectivity index (χ0n) is 10.3. The first-order valence-electron chi connectivity index (χ1n) is 6.21. The minimum absolute atomic E-state index is 0.298. The smallest absolute Gasteiger partial charge is 0.260 e. The van der Waals surface area contributed by atoms with Crippen molar-refractivity contribution in [2.45, 2.75) is 18.8 Å². The van der Waals surface area contributed by atoms with E-state index in [1.165, 1.54) is 0 Å². The van der Waals surface area contributed by atoms with Gasteiger partial charge in [-0.25, -0.2) is 0 Å². The number of hydrogen-bond donors (Lipinski definition) is 1. The van der Waals surface area contributed by atoms with Gasteiger partial charge in [0.25, 0.3) is 5.89 Å². The Bertz CT molecular complexity index is 579. The predicted molar refractivity (Wildman–Crippen MR) is 72.0 cm³/mol. The first-order valence-corrected chi connectivity index (χ1v) is 6.58. The van der Waals surface area contributed by atoms with E-state index < -0.39 is 0 Å². The van der Waals surface area contributed by atoms with Gasteiger partial charge in [-0.2, -0.15) is 4.98 Å². The molecule has 1 aliphatic rings. The van der Waals surface area contributed by atoms with Crippen LogP contribution in [-0.2, 0) is 4.74 Å². The van der Waals surface area contributed by atoms with E-state index in [1.807, 2.05) is 0 Å². The van der Waals surface area contributed by atoms with Crippen molar-refractivity contribution < 1.29 is 9.26 Å². The van der Waals surface area contributed by atoms with Crippen LogP contribution in [0.5, 0.6) is 0 Å². The number of rotatable bonds is 2. The normalized spacial score (nSPS) is 16.7. The maximum absolute atomic E-state index is 5.96. The molecule has 19 heavy (non-hydrogen) atoms. The van der Waals surface area contributed by atoms with Crippen LogP contribution in [0.3, 0.4) is 0 Å². The number of hydrogen-bond acceptors (Lipinski definition) is 5. The van der Waals surface area contributed by atoms with Gasteiger partial charge in [-0.1, -0.05) is 16.8 Å². The van der Waals surface area contributed by atoms with Gasteiger partial charge in [0.15, 0.2) is 5.82 Å². The number of benzene rings is 1. The maximum atomic E-state index is 5.96. The van der Waals surface area contributed by atoms with Crippen molar-refractivity contribution in [3.63, 3.8) is 0 Å². The van der Waals surface area contributed by atoms with E-state index in [2.05, 4.69) is 10.1 Å². The van der Waals surface area contributed by atoms with Crippen LogP contribution in [0.15, 0.2) is 22.7 Å². The van der Waals surface area contributed by atoms with Crippen molar-refractivity contribution >= 4 is 17.3 Å². The van der Waals surface area contributed by atoms with Crippen molar-refractivity contribution in [1.29, 1.82) is 0 Å². The second-order valence-electron chi connectivity index (χ2n) is 4.58. The molecular formula is C13H14ClN3O2. The first kappa shape index (κ1) is 12.4. The molecule has 1 aromatic heterocycles. The van der Waals surface area contributed by atoms with Gasteiger partial charge in [-0.15, -0.1) is 0 Å². The van der Waals surface area contributed by atoms with Gasteiger partial charge in [0.05, 0.1) is 5.56 Å². The quantitative estimate of drug-likeness (QED) is 0.856. The van der Waals surface area contributed by atoms with E-state index in [0.717, 1.165) is 31.9 Å². The third-order valence-electron chi connectivity index (χ3n) is 3.27. The first-order chi connectivity index (χ1) is 9.24. The number of ether oxygens (including phenoxy) is 1. The molecule has 6 heteroatoms. The standard InChI is InChI=1S/C13H14ClN3O2/c14-9-1-2-11(15)10(7-9)13-16-12(17-19-13)8-3-5-18-6-4-8/h1-2,7-8H,3-6,15H2. The maximum Gasteiger partial charge on any atom is 0.260 e. The number of halogens is 1. The van der Waals surface area contributed by atoms with Crippen molar-refractivity contribution in [2.75, 3.05) is 18.9 Å². The van der Waals surface area contributed by atoms with Crippen molar-refractivity contribution in [2.24, 2.45) is 0 Å². The highest BCUT2D eigenvalue weighted by molar-refractivity contribution is 6.31. The van der Waals surface area contributed by atoms with E-state index in [4.69, 9.17) is 26.6 Å². The molecule has 1 fully saturated rings. The van der Waals surface area contributed by atoms with Crippen LogP contribution in [0.2, 0.25) is 5.02 Å². The van der Waals surface area contributed by atoms with Gasteiger partial charge >= 0.3 is 0 Å². The van der Waals surface area contributed by atoms with Crippen LogP contribution in [0, 0.1) is 0 Å². The Hall–Kier alpha value is -1.59. The Morgan fingerprint density at radius 1 is 1.26 bits per heavy atom. The van der Waals surface area contributed by atoms with Gasteiger partial charge in [-0.05, 0) is 31.0 Å². The number of aromatic nitrogens is 2. The van der Waals surface area contributed by atoms with Gasteiger partial charge in [0.1, 0.15) is 0 Å². The third-order valence-corrected chi connectivity index (χ3v) is 3.51. The number of nitrogens with two attached hydrogens (primary N) is 1. The fourth-order valence-electron chi connectivity index (χ4n) is 2.18. The monoisotopic (exact) mass is 279 g/mol. The number of nitrogens with zero attached hydrogens (tertiary/aromatic N) is 2. The lowest BCUT2D eigenvalue weighted by atomic mass is 10.00. The van der Waals surface area contributed by atoms with E-state index in [0.29, 0.717) is 28.1 Å². The Labute approximate surface area is 115 Å². The van der Waals surface area contributed by atoms with Crippen LogP contribution in [0.4, 0.5) is 5.69 Å². The topological polar surface area (TPSA) is 74.2 Å². The molecule has 2 aromatic rings. The lowest BCUT2D eigenvalue weighted by Crippen LogP contribution is -2.15. The Kier molecular flexibility index (Phi) is 3.40. The molecule has 2 heterocycles. The summed E-state index contributed by atoms with van der Waals surface area (Å²) in [6.45, 7) is 1.49. The summed E-state index contributed by atoms with van der Waals surface area (Å²) < 4.78 is 10.6. The molecule has 0 atom stereocenters. The van der Waals surface area contributed by atoms with E-state index >= 15 is 0 Å². The summed E-state index contributed by atoms with van der Waals surface area (Å²) in [5.74, 6) is 1.44. The molecule has 0 radical (unpaired) electrons. The largest absolute Gasteiger partial charge is 0.398 e. The van der Waals surface area contributed by atoms with Crippen LogP contribution in [-0.4, -0.2) is 23.4 Å². The minimum atomic E-state index is 0.298. The Morgan fingerprint density at radius 3 is 2.84 bits per heavy atom. The van der Waals surface area contributed by atoms with E-state index in [9.17, 15) is 0 Å². The highest BCUT2D eigenvalue weighted by Gasteiger charge is 2.22. The average molecular weight is 280 g/mol. The van der Waals surface area contributed by atoms with Gasteiger partial charge in [0, 0.05) is 29.8 Å². The van der Waals surface area contributed by atoms with Gasteiger partial charge in [-0.3, -0.25) is 0 Å². The molecule has 0 bridgehead atoms. The molecule has 2 N–H and O–H groups in total. The van der Waals surface area contributed by atoms with Crippen molar-refractivity contribution in [1.82, 2.24) is 10.1 Å². The van der Waals surface area contributed by atoms with Crippen molar-refractivity contribution in [3.8, 4) is 11.5 Å². The van der Waals surface area contributed by atoms with Crippen LogP contribution >= 0.6 is 11.6 Å². The molecule has 1 saturated heterocycles. The Balaban J connectivity index is 1.89. The zero-order valence-corrected chi connectivity index (χ0v) is 11.1. The van der Waals surface area contributed by atoms with Crippen LogP contribution in [0.1, 0.15) is 24.6 Å². The van der Waals surface area contributed by atoms with E-state index in [1.54, 1.807) is 18.2 Å². The highest BCUT2D eigenvalue weighted by Crippen LogP contribution is 2.30. The fourth-order valence-corrected chi connectivity index (χ4v) is 2.35. The van der Waals surface area contributed by atoms with Gasteiger partial charge < -0.3 is 15.0 Å². The third kappa shape index (κ3) is 2.57. The summed E-state index contributed by atoms with van der Waals surface area (Å²) in [5, 5.41) is 4.64. The molecule has 0 amide bonds. The summed E-state index contributed by atoms with van der Waals surface area (Å²) in [5.41, 5.74) is 7.16. The van der Waals surface area contributed by atoms with E-state index in [-0.39, 0.29) is 0 Å². The van der Waals surface area contributed by atoms with Gasteiger partial charge in [0.2, 0.25) is 0 Å². The summed E-state index contributed by atoms with van der Waals surface area (Å²) in [4.78, 5) is 4.43. The second-order valence-corrected chi connectivity index (χ2v) is 5.01. The number of nitrogen functional groups attached to an aromatic ring is 1. The summed E-state index contributed by atoms with van der Waals surface area (Å²) in [6.07, 6.45) is 1.84. The summed E-state index contributed by atoms with van der Waals surface area (Å²) >= 11 is 5.96. The Morgan fingerprint density at radius 2 is 2.05 bits per heavy atom. The fraction of sp³-hybridized carbons (Fsp3) is 0.385. The molecule has 5 nitrogen and oxygen atoms in total. The molecule has 0 unspecified atom stereocenters. The second kappa shape index (κ2) is 5.19. The molecule has 100 valence electrons. The highest BCUT2D eigenvalue weighted by atomic mass is 35.5. The predicted octanol–water partition coefficient (Wildman–Crippen LogP) is 2.87. The molecular weight excluding hydrogens is 266 g/mol. The molecule has 0 aliphatic carbocycles. The molecule has 0 saturated carbocycles. The lowest BCUT2D eigenvalue weighted by molar-refractivity contribution is 0.0830. The molecule has 1 aromatic carbocycles. The molecule has 3 rings (SSSR count). The zero-order chi connectivity index (χ0) is 13.2. The summed E-state index contributed by atoms with van der Waals surface area (Å²) in [7, 11) is 0. The molecule has 1 aliphatic heterocycles. The SMILES string of the molecule is Nc1ccc(Cl)cc1-c1nc(C2CCOCC2)no1. The van der Waals surface area contributed by atoms with Crippen LogP contribution in [0.25, 0.3) is 11.5 Å². The summed E-state index contributed by atoms with van der Waals surface area (Å²) in [6, 6.07) is 5.20. The molecule has 0 spiro atoms.